The van der Waals surface area contributed by atoms with Gasteiger partial charge < -0.3 is 14.7 Å². The van der Waals surface area contributed by atoms with E-state index in [4.69, 9.17) is 4.42 Å². The fourth-order valence-electron chi connectivity index (χ4n) is 3.13. The van der Waals surface area contributed by atoms with E-state index in [0.29, 0.717) is 0 Å². The van der Waals surface area contributed by atoms with Crippen LogP contribution >= 0.6 is 0 Å². The molecule has 2 rings (SSSR count). The Balaban J connectivity index is 2.33. The predicted octanol–water partition coefficient (Wildman–Crippen LogP) is 4.26. The van der Waals surface area contributed by atoms with Crippen molar-refractivity contribution in [1.29, 1.82) is 0 Å². The van der Waals surface area contributed by atoms with Gasteiger partial charge in [-0.05, 0) is 53.0 Å². The van der Waals surface area contributed by atoms with E-state index in [0.717, 1.165) is 43.9 Å². The summed E-state index contributed by atoms with van der Waals surface area (Å²) in [5.74, 6) is 0.952. The second-order valence-electron chi connectivity index (χ2n) is 6.67. The van der Waals surface area contributed by atoms with E-state index in [-0.39, 0.29) is 0 Å². The number of fused-ring (bicyclic) bond motifs is 1. The Labute approximate surface area is 146 Å². The van der Waals surface area contributed by atoms with Gasteiger partial charge in [0.2, 0.25) is 0 Å². The third kappa shape index (κ3) is 4.38. The van der Waals surface area contributed by atoms with Crippen molar-refractivity contribution in [2.45, 2.75) is 27.2 Å². The first-order valence-electron chi connectivity index (χ1n) is 8.94. The SMILES string of the molecule is CCN(CC)c1ccc2c(N(C)CCCN(C)C)cc(C)[o+]c2c1. The molecule has 0 unspecified atom stereocenters. The molecular weight excluding hydrogens is 298 g/mol. The van der Waals surface area contributed by atoms with Crippen LogP contribution in [-0.4, -0.2) is 52.2 Å². The minimum atomic E-state index is 0.952. The van der Waals surface area contributed by atoms with Gasteiger partial charge in [0, 0.05) is 32.4 Å². The average molecular weight is 330 g/mol. The molecule has 4 nitrogen and oxygen atoms in total. The minimum absolute atomic E-state index is 0.952. The first-order valence-corrected chi connectivity index (χ1v) is 8.94. The minimum Gasteiger partial charge on any atom is -0.374 e. The molecule has 4 heteroatoms. The van der Waals surface area contributed by atoms with Crippen molar-refractivity contribution in [3.63, 3.8) is 0 Å². The fraction of sp³-hybridized carbons (Fsp3) is 0.550. The quantitative estimate of drug-likeness (QED) is 0.674. The van der Waals surface area contributed by atoms with E-state index in [1.165, 1.54) is 16.8 Å². The highest BCUT2D eigenvalue weighted by atomic mass is 16.3. The van der Waals surface area contributed by atoms with Gasteiger partial charge in [-0.3, -0.25) is 0 Å². The molecular formula is C20H32N3O+. The zero-order chi connectivity index (χ0) is 17.7. The maximum absolute atomic E-state index is 6.01. The third-order valence-electron chi connectivity index (χ3n) is 4.49. The molecule has 0 amide bonds. The van der Waals surface area contributed by atoms with E-state index in [1.54, 1.807) is 0 Å². The van der Waals surface area contributed by atoms with E-state index in [9.17, 15) is 0 Å². The predicted molar refractivity (Wildman–Crippen MR) is 105 cm³/mol. The van der Waals surface area contributed by atoms with Gasteiger partial charge in [-0.25, -0.2) is 4.42 Å². The summed E-state index contributed by atoms with van der Waals surface area (Å²) in [5, 5.41) is 1.18. The molecule has 0 fully saturated rings. The second-order valence-corrected chi connectivity index (χ2v) is 6.67. The molecule has 1 aromatic heterocycles. The molecule has 1 heterocycles. The van der Waals surface area contributed by atoms with Crippen molar-refractivity contribution in [1.82, 2.24) is 4.90 Å². The number of rotatable bonds is 8. The second kappa shape index (κ2) is 8.34. The summed E-state index contributed by atoms with van der Waals surface area (Å²) in [6.07, 6.45) is 1.15. The largest absolute Gasteiger partial charge is 0.374 e. The Morgan fingerprint density at radius 1 is 0.958 bits per heavy atom. The summed E-state index contributed by atoms with van der Waals surface area (Å²) in [5.41, 5.74) is 3.44. The van der Waals surface area contributed by atoms with E-state index in [2.05, 4.69) is 74.0 Å². The summed E-state index contributed by atoms with van der Waals surface area (Å²) in [7, 11) is 6.41. The van der Waals surface area contributed by atoms with Gasteiger partial charge in [0.05, 0.1) is 24.7 Å². The topological polar surface area (TPSA) is 21.0 Å². The monoisotopic (exact) mass is 330 g/mol. The standard InChI is InChI=1S/C20H32N3O/c1-7-23(8-2)17-10-11-18-19(14-16(3)24-20(18)15-17)22(6)13-9-12-21(4)5/h10-11,14-15H,7-9,12-13H2,1-6H3/q+1. The number of aryl methyl sites for hydroxylation is 1. The van der Waals surface area contributed by atoms with Crippen LogP contribution in [0.15, 0.2) is 28.7 Å². The lowest BCUT2D eigenvalue weighted by molar-refractivity contribution is 0.401. The van der Waals surface area contributed by atoms with Gasteiger partial charge in [0.25, 0.3) is 0 Å². The fourth-order valence-corrected chi connectivity index (χ4v) is 3.13. The van der Waals surface area contributed by atoms with Crippen LogP contribution in [0.1, 0.15) is 26.0 Å². The smallest absolute Gasteiger partial charge is 0.364 e. The van der Waals surface area contributed by atoms with Crippen LogP contribution in [0.25, 0.3) is 11.0 Å². The van der Waals surface area contributed by atoms with Crippen LogP contribution < -0.4 is 9.80 Å². The number of anilines is 2. The van der Waals surface area contributed by atoms with Crippen molar-refractivity contribution >= 4 is 22.3 Å². The van der Waals surface area contributed by atoms with Gasteiger partial charge in [0.1, 0.15) is 5.39 Å². The molecule has 0 saturated heterocycles. The molecule has 2 aromatic rings. The van der Waals surface area contributed by atoms with Crippen LogP contribution in [0.2, 0.25) is 0 Å². The zero-order valence-electron chi connectivity index (χ0n) is 16.1. The molecule has 132 valence electrons. The lowest BCUT2D eigenvalue weighted by Gasteiger charge is -2.22. The molecule has 0 aliphatic heterocycles. The maximum Gasteiger partial charge on any atom is 0.364 e. The molecule has 24 heavy (non-hydrogen) atoms. The number of nitrogens with zero attached hydrogens (tertiary/aromatic N) is 3. The number of hydrogen-bond donors (Lipinski definition) is 0. The van der Waals surface area contributed by atoms with Crippen LogP contribution in [-0.2, 0) is 0 Å². The van der Waals surface area contributed by atoms with Crippen LogP contribution in [0.4, 0.5) is 11.4 Å². The van der Waals surface area contributed by atoms with E-state index < -0.39 is 0 Å². The Kier molecular flexibility index (Phi) is 6.44. The Hall–Kier alpha value is -1.81. The van der Waals surface area contributed by atoms with Gasteiger partial charge in [-0.1, -0.05) is 0 Å². The summed E-state index contributed by atoms with van der Waals surface area (Å²) in [6, 6.07) is 8.72. The molecule has 0 spiro atoms. The highest BCUT2D eigenvalue weighted by molar-refractivity contribution is 5.92. The molecule has 1 aromatic carbocycles. The Morgan fingerprint density at radius 2 is 1.67 bits per heavy atom. The Bertz CT molecular complexity index is 665. The van der Waals surface area contributed by atoms with Crippen molar-refractivity contribution in [3.8, 4) is 0 Å². The highest BCUT2D eigenvalue weighted by Crippen LogP contribution is 2.31. The maximum atomic E-state index is 6.01. The molecule has 0 N–H and O–H groups in total. The van der Waals surface area contributed by atoms with Crippen molar-refractivity contribution in [2.75, 3.05) is 57.1 Å². The van der Waals surface area contributed by atoms with Gasteiger partial charge in [-0.2, -0.15) is 0 Å². The summed E-state index contributed by atoms with van der Waals surface area (Å²) in [4.78, 5) is 6.91. The van der Waals surface area contributed by atoms with Gasteiger partial charge in [-0.15, -0.1) is 0 Å². The van der Waals surface area contributed by atoms with E-state index in [1.807, 2.05) is 6.92 Å². The van der Waals surface area contributed by atoms with Crippen LogP contribution in [0.5, 0.6) is 0 Å². The zero-order valence-corrected chi connectivity index (χ0v) is 16.1. The normalized spacial score (nSPS) is 11.3. The van der Waals surface area contributed by atoms with Crippen molar-refractivity contribution in [3.05, 3.63) is 30.0 Å². The Morgan fingerprint density at radius 3 is 2.29 bits per heavy atom. The molecule has 0 aliphatic carbocycles. The lowest BCUT2D eigenvalue weighted by atomic mass is 10.1. The molecule has 0 saturated carbocycles. The first kappa shape index (κ1) is 18.5. The first-order chi connectivity index (χ1) is 11.5. The molecule has 0 radical (unpaired) electrons. The molecule has 0 atom stereocenters. The molecule has 0 aliphatic rings. The summed E-state index contributed by atoms with van der Waals surface area (Å²) in [6.45, 7) is 10.5. The average Bonchev–Trinajstić information content (AvgIpc) is 2.54. The van der Waals surface area contributed by atoms with Crippen molar-refractivity contribution < 1.29 is 4.42 Å². The third-order valence-corrected chi connectivity index (χ3v) is 4.49. The highest BCUT2D eigenvalue weighted by Gasteiger charge is 2.18. The summed E-state index contributed by atoms with van der Waals surface area (Å²) >= 11 is 0. The lowest BCUT2D eigenvalue weighted by Crippen LogP contribution is -2.23. The summed E-state index contributed by atoms with van der Waals surface area (Å²) < 4.78 is 6.01. The van der Waals surface area contributed by atoms with Gasteiger partial charge in [0.15, 0.2) is 0 Å². The number of benzene rings is 1. The van der Waals surface area contributed by atoms with Gasteiger partial charge >= 0.3 is 11.3 Å². The number of hydrogen-bond acceptors (Lipinski definition) is 3. The van der Waals surface area contributed by atoms with E-state index >= 15 is 0 Å². The molecule has 0 bridgehead atoms. The van der Waals surface area contributed by atoms with Crippen molar-refractivity contribution in [2.24, 2.45) is 0 Å². The van der Waals surface area contributed by atoms with Crippen LogP contribution in [0.3, 0.4) is 0 Å². The van der Waals surface area contributed by atoms with Crippen LogP contribution in [0, 0.1) is 6.92 Å².